The number of amides is 1. The molecule has 3 rings (SSSR count). The van der Waals surface area contributed by atoms with Crippen molar-refractivity contribution in [1.82, 2.24) is 24.0 Å². The summed E-state index contributed by atoms with van der Waals surface area (Å²) in [6, 6.07) is 5.44. The molecule has 0 fully saturated rings. The molecule has 30 heavy (non-hydrogen) atoms. The van der Waals surface area contributed by atoms with Crippen LogP contribution in [0.25, 0.3) is 11.2 Å². The van der Waals surface area contributed by atoms with Crippen LogP contribution >= 0.6 is 0 Å². The van der Waals surface area contributed by atoms with Crippen molar-refractivity contribution in [1.29, 1.82) is 0 Å². The fraction of sp³-hybridized carbons (Fsp3) is 0.350. The van der Waals surface area contributed by atoms with E-state index in [0.29, 0.717) is 5.56 Å². The van der Waals surface area contributed by atoms with Crippen molar-refractivity contribution in [3.63, 3.8) is 0 Å². The number of nitrogens with zero attached hydrogens (tertiary/aromatic N) is 4. The van der Waals surface area contributed by atoms with Crippen LogP contribution in [0, 0.1) is 13.8 Å². The summed E-state index contributed by atoms with van der Waals surface area (Å²) in [7, 11) is 2.92. The van der Waals surface area contributed by atoms with Gasteiger partial charge in [0.2, 0.25) is 0 Å². The van der Waals surface area contributed by atoms with Gasteiger partial charge in [-0.25, -0.2) is 9.78 Å². The number of hydrogen-bond acceptors (Lipinski definition) is 6. The van der Waals surface area contributed by atoms with Gasteiger partial charge in [-0.1, -0.05) is 17.2 Å². The predicted octanol–water partition coefficient (Wildman–Crippen LogP) is 0.0237. The first-order valence-electron chi connectivity index (χ1n) is 9.32. The summed E-state index contributed by atoms with van der Waals surface area (Å²) in [5.74, 6) is -0.957. The van der Waals surface area contributed by atoms with Gasteiger partial charge in [0.25, 0.3) is 11.5 Å². The number of carbonyl (C=O) groups excluding carboxylic acids is 2. The van der Waals surface area contributed by atoms with Crippen LogP contribution in [0.3, 0.4) is 0 Å². The third kappa shape index (κ3) is 4.17. The van der Waals surface area contributed by atoms with E-state index in [2.05, 4.69) is 10.3 Å². The zero-order chi connectivity index (χ0) is 22.0. The van der Waals surface area contributed by atoms with Gasteiger partial charge in [-0.3, -0.25) is 23.5 Å². The van der Waals surface area contributed by atoms with E-state index >= 15 is 0 Å². The maximum Gasteiger partial charge on any atom is 0.332 e. The highest BCUT2D eigenvalue weighted by atomic mass is 16.5. The predicted molar refractivity (Wildman–Crippen MR) is 109 cm³/mol. The van der Waals surface area contributed by atoms with Gasteiger partial charge in [0, 0.05) is 19.7 Å². The number of ether oxygens (including phenoxy) is 1. The van der Waals surface area contributed by atoms with Crippen molar-refractivity contribution < 1.29 is 14.3 Å². The largest absolute Gasteiger partial charge is 0.462 e. The number of nitrogens with one attached hydrogen (secondary N) is 1. The van der Waals surface area contributed by atoms with Crippen LogP contribution in [0.1, 0.15) is 21.5 Å². The molecule has 0 aliphatic heterocycles. The van der Waals surface area contributed by atoms with Crippen molar-refractivity contribution in [2.24, 2.45) is 14.1 Å². The molecule has 0 spiro atoms. The van der Waals surface area contributed by atoms with Crippen molar-refractivity contribution in [2.75, 3.05) is 13.2 Å². The Morgan fingerprint density at radius 3 is 2.40 bits per heavy atom. The number of hydrogen-bond donors (Lipinski definition) is 1. The molecule has 158 valence electrons. The SMILES string of the molecule is Cc1cc(C)cc(C(=O)NCC(=O)OCCn2cnc3c2c(=O)n(C)c(=O)n3C)c1. The molecular formula is C20H23N5O5. The lowest BCUT2D eigenvalue weighted by molar-refractivity contribution is -0.142. The van der Waals surface area contributed by atoms with Crippen LogP contribution in [-0.4, -0.2) is 43.7 Å². The average Bonchev–Trinajstić information content (AvgIpc) is 3.12. The Kier molecular flexibility index (Phi) is 5.86. The van der Waals surface area contributed by atoms with Crippen LogP contribution in [0.2, 0.25) is 0 Å². The molecule has 2 heterocycles. The highest BCUT2D eigenvalue weighted by Gasteiger charge is 2.15. The van der Waals surface area contributed by atoms with Crippen LogP contribution in [0.15, 0.2) is 34.1 Å². The van der Waals surface area contributed by atoms with Crippen molar-refractivity contribution in [2.45, 2.75) is 20.4 Å². The molecule has 10 nitrogen and oxygen atoms in total. The number of carbonyl (C=O) groups is 2. The maximum atomic E-state index is 12.4. The molecule has 0 bridgehead atoms. The third-order valence-corrected chi connectivity index (χ3v) is 4.69. The second-order valence-electron chi connectivity index (χ2n) is 7.10. The number of benzene rings is 1. The molecule has 1 aromatic carbocycles. The Labute approximate surface area is 171 Å². The molecule has 1 N–H and O–H groups in total. The first-order chi connectivity index (χ1) is 14.2. The fourth-order valence-corrected chi connectivity index (χ4v) is 3.24. The smallest absolute Gasteiger partial charge is 0.332 e. The number of aromatic nitrogens is 4. The van der Waals surface area contributed by atoms with E-state index in [1.165, 1.54) is 29.6 Å². The quantitative estimate of drug-likeness (QED) is 0.570. The molecular weight excluding hydrogens is 390 g/mol. The first kappa shape index (κ1) is 21.0. The van der Waals surface area contributed by atoms with Crippen molar-refractivity contribution in [3.8, 4) is 0 Å². The lowest BCUT2D eigenvalue weighted by atomic mass is 10.1. The van der Waals surface area contributed by atoms with E-state index < -0.39 is 17.2 Å². The topological polar surface area (TPSA) is 117 Å². The fourth-order valence-electron chi connectivity index (χ4n) is 3.24. The average molecular weight is 413 g/mol. The summed E-state index contributed by atoms with van der Waals surface area (Å²) in [6.07, 6.45) is 1.42. The number of aryl methyl sites for hydroxylation is 3. The summed E-state index contributed by atoms with van der Waals surface area (Å²) in [6.45, 7) is 3.68. The summed E-state index contributed by atoms with van der Waals surface area (Å²) in [5.41, 5.74) is 1.96. The van der Waals surface area contributed by atoms with Gasteiger partial charge in [-0.2, -0.15) is 0 Å². The first-order valence-corrected chi connectivity index (χ1v) is 9.32. The van der Waals surface area contributed by atoms with Gasteiger partial charge in [0.15, 0.2) is 11.2 Å². The van der Waals surface area contributed by atoms with E-state index in [1.54, 1.807) is 12.1 Å². The molecule has 10 heteroatoms. The van der Waals surface area contributed by atoms with Gasteiger partial charge in [0.05, 0.1) is 12.9 Å². The van der Waals surface area contributed by atoms with E-state index in [-0.39, 0.29) is 36.8 Å². The van der Waals surface area contributed by atoms with E-state index in [0.717, 1.165) is 15.7 Å². The summed E-state index contributed by atoms with van der Waals surface area (Å²) >= 11 is 0. The third-order valence-electron chi connectivity index (χ3n) is 4.69. The number of esters is 1. The Hall–Kier alpha value is -3.69. The van der Waals surface area contributed by atoms with Crippen LogP contribution in [0.4, 0.5) is 0 Å². The van der Waals surface area contributed by atoms with Gasteiger partial charge < -0.3 is 14.6 Å². The molecule has 0 radical (unpaired) electrons. The lowest BCUT2D eigenvalue weighted by Crippen LogP contribution is -2.37. The minimum Gasteiger partial charge on any atom is -0.462 e. The number of fused-ring (bicyclic) bond motifs is 1. The number of imidazole rings is 1. The molecule has 0 saturated carbocycles. The van der Waals surface area contributed by atoms with Gasteiger partial charge in [0.1, 0.15) is 13.2 Å². The van der Waals surface area contributed by atoms with Gasteiger partial charge in [-0.15, -0.1) is 0 Å². The van der Waals surface area contributed by atoms with Crippen molar-refractivity contribution >= 4 is 23.0 Å². The van der Waals surface area contributed by atoms with Crippen LogP contribution in [-0.2, 0) is 30.2 Å². The molecule has 0 saturated heterocycles. The Bertz CT molecular complexity index is 1230. The van der Waals surface area contributed by atoms with Gasteiger partial charge >= 0.3 is 11.7 Å². The second kappa shape index (κ2) is 8.36. The molecule has 2 aromatic heterocycles. The second-order valence-corrected chi connectivity index (χ2v) is 7.10. The molecule has 0 aliphatic rings. The molecule has 1 amide bonds. The normalized spacial score (nSPS) is 10.9. The lowest BCUT2D eigenvalue weighted by Gasteiger charge is -2.09. The van der Waals surface area contributed by atoms with E-state index in [1.807, 2.05) is 19.9 Å². The minimum atomic E-state index is -0.600. The van der Waals surface area contributed by atoms with E-state index in [9.17, 15) is 19.2 Å². The highest BCUT2D eigenvalue weighted by molar-refractivity contribution is 5.96. The molecule has 3 aromatic rings. The molecule has 0 unspecified atom stereocenters. The summed E-state index contributed by atoms with van der Waals surface area (Å²) in [5, 5.41) is 2.53. The van der Waals surface area contributed by atoms with E-state index in [4.69, 9.17) is 4.74 Å². The standard InChI is InChI=1S/C20H23N5O5/c1-12-7-13(2)9-14(8-12)18(27)21-10-15(26)30-6-5-25-11-22-17-16(25)19(28)24(4)20(29)23(17)3/h7-9,11H,5-6,10H2,1-4H3,(H,21,27). The van der Waals surface area contributed by atoms with Gasteiger partial charge in [-0.05, 0) is 26.0 Å². The van der Waals surface area contributed by atoms with Crippen LogP contribution in [0.5, 0.6) is 0 Å². The monoisotopic (exact) mass is 413 g/mol. The molecule has 0 aliphatic carbocycles. The zero-order valence-electron chi connectivity index (χ0n) is 17.3. The Balaban J connectivity index is 1.58. The number of rotatable bonds is 6. The summed E-state index contributed by atoms with van der Waals surface area (Å²) < 4.78 is 8.94. The van der Waals surface area contributed by atoms with Crippen LogP contribution < -0.4 is 16.6 Å². The Morgan fingerprint density at radius 1 is 1.07 bits per heavy atom. The zero-order valence-corrected chi connectivity index (χ0v) is 17.3. The Morgan fingerprint density at radius 2 is 1.73 bits per heavy atom. The molecule has 0 atom stereocenters. The highest BCUT2D eigenvalue weighted by Crippen LogP contribution is 2.08. The van der Waals surface area contributed by atoms with Crippen molar-refractivity contribution in [3.05, 3.63) is 62.1 Å². The maximum absolute atomic E-state index is 12.4. The minimum absolute atomic E-state index is 0.0181. The summed E-state index contributed by atoms with van der Waals surface area (Å²) in [4.78, 5) is 52.6.